The van der Waals surface area contributed by atoms with Crippen LogP contribution in [0.2, 0.25) is 0 Å². The monoisotopic (exact) mass is 214 g/mol. The van der Waals surface area contributed by atoms with E-state index in [2.05, 4.69) is 17.1 Å². The molecule has 0 saturated heterocycles. The van der Waals surface area contributed by atoms with Crippen LogP contribution in [0.5, 0.6) is 0 Å². The van der Waals surface area contributed by atoms with E-state index in [0.29, 0.717) is 22.9 Å². The van der Waals surface area contributed by atoms with Crippen molar-refractivity contribution in [2.24, 2.45) is 5.92 Å². The lowest BCUT2D eigenvalue weighted by molar-refractivity contribution is -0.133. The number of rotatable bonds is 4. The fraction of sp³-hybridized carbons (Fsp3) is 0.625. The second-order valence-electron chi connectivity index (χ2n) is 3.42. The van der Waals surface area contributed by atoms with E-state index < -0.39 is 5.97 Å². The summed E-state index contributed by atoms with van der Waals surface area (Å²) in [4.78, 5) is 14.4. The van der Waals surface area contributed by atoms with Crippen molar-refractivity contribution in [2.75, 3.05) is 5.75 Å². The third-order valence-corrected chi connectivity index (χ3v) is 2.99. The smallest absolute Gasteiger partial charge is 0.314 e. The van der Waals surface area contributed by atoms with Gasteiger partial charge in [0, 0.05) is 5.92 Å². The lowest BCUT2D eigenvalue weighted by Gasteiger charge is -1.87. The van der Waals surface area contributed by atoms with Crippen LogP contribution in [0.3, 0.4) is 0 Å². The maximum Gasteiger partial charge on any atom is 0.314 e. The lowest BCUT2D eigenvalue weighted by atomic mass is 10.3. The number of carboxylic acids is 1. The molecule has 76 valence electrons. The van der Waals surface area contributed by atoms with Crippen molar-refractivity contribution in [1.29, 1.82) is 0 Å². The van der Waals surface area contributed by atoms with Crippen molar-refractivity contribution in [3.8, 4) is 0 Å². The molecule has 14 heavy (non-hydrogen) atoms. The highest BCUT2D eigenvalue weighted by molar-refractivity contribution is 7.99. The summed E-state index contributed by atoms with van der Waals surface area (Å²) < 4.78 is 4.90. The number of hydrogen-bond donors (Lipinski definition) is 1. The minimum Gasteiger partial charge on any atom is -0.481 e. The van der Waals surface area contributed by atoms with Crippen LogP contribution in [0.15, 0.2) is 9.75 Å². The Labute approximate surface area is 84.9 Å². The minimum atomic E-state index is -0.880. The molecule has 0 bridgehead atoms. The third kappa shape index (κ3) is 2.06. The molecule has 6 heteroatoms. The molecule has 0 aliphatic heterocycles. The van der Waals surface area contributed by atoms with Crippen LogP contribution in [0.4, 0.5) is 0 Å². The van der Waals surface area contributed by atoms with Gasteiger partial charge in [-0.3, -0.25) is 4.79 Å². The molecular weight excluding hydrogens is 204 g/mol. The van der Waals surface area contributed by atoms with E-state index in [1.54, 1.807) is 0 Å². The maximum absolute atomic E-state index is 10.3. The average Bonchev–Trinajstić information content (AvgIpc) is 2.68. The van der Waals surface area contributed by atoms with E-state index in [9.17, 15) is 4.79 Å². The van der Waals surface area contributed by atoms with Gasteiger partial charge in [-0.1, -0.05) is 23.8 Å². The zero-order valence-corrected chi connectivity index (χ0v) is 8.45. The number of carbonyl (C=O) groups is 1. The molecule has 1 saturated carbocycles. The highest BCUT2D eigenvalue weighted by Crippen LogP contribution is 2.45. The Hall–Kier alpha value is -1.04. The van der Waals surface area contributed by atoms with Gasteiger partial charge in [0.05, 0.1) is 0 Å². The number of carboxylic acid groups (broad SMARTS) is 1. The highest BCUT2D eigenvalue weighted by atomic mass is 32.2. The number of aliphatic carboxylic acids is 1. The summed E-state index contributed by atoms with van der Waals surface area (Å²) in [6.45, 7) is 2.13. The fourth-order valence-electron chi connectivity index (χ4n) is 1.23. The van der Waals surface area contributed by atoms with Crippen molar-refractivity contribution in [1.82, 2.24) is 10.1 Å². The van der Waals surface area contributed by atoms with Gasteiger partial charge in [0.25, 0.3) is 5.22 Å². The number of hydrogen-bond acceptors (Lipinski definition) is 5. The molecule has 2 rings (SSSR count). The Bertz CT molecular complexity index is 352. The zero-order chi connectivity index (χ0) is 10.1. The zero-order valence-electron chi connectivity index (χ0n) is 7.64. The van der Waals surface area contributed by atoms with E-state index in [1.165, 1.54) is 0 Å². The van der Waals surface area contributed by atoms with Crippen molar-refractivity contribution in [3.05, 3.63) is 5.82 Å². The van der Waals surface area contributed by atoms with E-state index >= 15 is 0 Å². The number of aromatic nitrogens is 2. The number of thioether (sulfide) groups is 1. The van der Waals surface area contributed by atoms with Crippen LogP contribution in [0.25, 0.3) is 0 Å². The molecule has 0 radical (unpaired) electrons. The van der Waals surface area contributed by atoms with Crippen LogP contribution < -0.4 is 0 Å². The van der Waals surface area contributed by atoms with Crippen LogP contribution >= 0.6 is 11.8 Å². The van der Waals surface area contributed by atoms with Gasteiger partial charge in [-0.2, -0.15) is 4.98 Å². The molecule has 2 unspecified atom stereocenters. The summed E-state index contributed by atoms with van der Waals surface area (Å²) in [7, 11) is 0. The van der Waals surface area contributed by atoms with Crippen molar-refractivity contribution in [3.63, 3.8) is 0 Å². The molecule has 1 fully saturated rings. The third-order valence-electron chi connectivity index (χ3n) is 2.18. The second-order valence-corrected chi connectivity index (χ2v) is 4.35. The molecular formula is C8H10N2O3S. The molecule has 1 aliphatic rings. The summed E-state index contributed by atoms with van der Waals surface area (Å²) in [5.74, 6) is 0.838. The van der Waals surface area contributed by atoms with E-state index in [0.717, 1.165) is 18.2 Å². The quantitative estimate of drug-likeness (QED) is 0.763. The molecule has 0 amide bonds. The fourth-order valence-corrected chi connectivity index (χ4v) is 1.73. The minimum absolute atomic E-state index is 0.0398. The SMILES string of the molecule is CC1CC1c1noc(SCC(=O)O)n1. The van der Waals surface area contributed by atoms with Gasteiger partial charge in [0.2, 0.25) is 0 Å². The van der Waals surface area contributed by atoms with Crippen molar-refractivity contribution < 1.29 is 14.4 Å². The largest absolute Gasteiger partial charge is 0.481 e. The predicted octanol–water partition coefficient (Wildman–Crippen LogP) is 1.37. The summed E-state index contributed by atoms with van der Waals surface area (Å²) in [6.07, 6.45) is 1.10. The summed E-state index contributed by atoms with van der Waals surface area (Å²) >= 11 is 1.06. The lowest BCUT2D eigenvalue weighted by Crippen LogP contribution is -1.97. The molecule has 1 aromatic heterocycles. The predicted molar refractivity (Wildman–Crippen MR) is 49.2 cm³/mol. The van der Waals surface area contributed by atoms with Gasteiger partial charge in [-0.15, -0.1) is 0 Å². The first-order valence-corrected chi connectivity index (χ1v) is 5.33. The molecule has 1 aliphatic carbocycles. The normalized spacial score (nSPS) is 24.9. The standard InChI is InChI=1S/C8H10N2O3S/c1-4-2-5(4)7-9-8(13-10-7)14-3-6(11)12/h4-5H,2-3H2,1H3,(H,11,12). The summed E-state index contributed by atoms with van der Waals surface area (Å²) in [5.41, 5.74) is 0. The summed E-state index contributed by atoms with van der Waals surface area (Å²) in [6, 6.07) is 0. The molecule has 5 nitrogen and oxygen atoms in total. The van der Waals surface area contributed by atoms with Gasteiger partial charge in [-0.05, 0) is 12.3 Å². The Balaban J connectivity index is 1.93. The van der Waals surface area contributed by atoms with Gasteiger partial charge < -0.3 is 9.63 Å². The van der Waals surface area contributed by atoms with Crippen LogP contribution in [-0.2, 0) is 4.79 Å². The van der Waals surface area contributed by atoms with Crippen LogP contribution in [-0.4, -0.2) is 27.0 Å². The van der Waals surface area contributed by atoms with Crippen molar-refractivity contribution >= 4 is 17.7 Å². The molecule has 0 aromatic carbocycles. The van der Waals surface area contributed by atoms with Crippen molar-refractivity contribution in [2.45, 2.75) is 24.5 Å². The second kappa shape index (κ2) is 3.61. The van der Waals surface area contributed by atoms with Gasteiger partial charge >= 0.3 is 5.97 Å². The number of nitrogens with zero attached hydrogens (tertiary/aromatic N) is 2. The average molecular weight is 214 g/mol. The maximum atomic E-state index is 10.3. The van der Waals surface area contributed by atoms with E-state index in [1.807, 2.05) is 0 Å². The highest BCUT2D eigenvalue weighted by Gasteiger charge is 2.38. The Morgan fingerprint density at radius 2 is 2.50 bits per heavy atom. The first-order valence-electron chi connectivity index (χ1n) is 4.35. The Morgan fingerprint density at radius 1 is 1.79 bits per heavy atom. The molecule has 1 N–H and O–H groups in total. The Kier molecular flexibility index (Phi) is 2.45. The topological polar surface area (TPSA) is 76.2 Å². The van der Waals surface area contributed by atoms with E-state index in [-0.39, 0.29) is 5.75 Å². The molecule has 1 aromatic rings. The molecule has 2 atom stereocenters. The van der Waals surface area contributed by atoms with Gasteiger partial charge in [0.1, 0.15) is 5.75 Å². The van der Waals surface area contributed by atoms with Crippen LogP contribution in [0.1, 0.15) is 25.1 Å². The first kappa shape index (κ1) is 9.51. The molecule has 0 spiro atoms. The Morgan fingerprint density at radius 3 is 3.07 bits per heavy atom. The molecule has 1 heterocycles. The van der Waals surface area contributed by atoms with E-state index in [4.69, 9.17) is 9.63 Å². The first-order chi connectivity index (χ1) is 6.66. The summed E-state index contributed by atoms with van der Waals surface area (Å²) in [5, 5.41) is 12.6. The van der Waals surface area contributed by atoms with Gasteiger partial charge in [-0.25, -0.2) is 0 Å². The van der Waals surface area contributed by atoms with Gasteiger partial charge in [0.15, 0.2) is 5.82 Å². The van der Waals surface area contributed by atoms with Crippen LogP contribution in [0, 0.1) is 5.92 Å².